The summed E-state index contributed by atoms with van der Waals surface area (Å²) >= 11 is 6.05. The Labute approximate surface area is 216 Å². The molecule has 36 heavy (non-hydrogen) atoms. The van der Waals surface area contributed by atoms with Crippen LogP contribution in [0, 0.1) is 0 Å². The van der Waals surface area contributed by atoms with Crippen molar-refractivity contribution in [2.24, 2.45) is 0 Å². The molecule has 0 radical (unpaired) electrons. The van der Waals surface area contributed by atoms with Gasteiger partial charge in [0.05, 0.1) is 17.6 Å². The number of hydrogen-bond donors (Lipinski definition) is 1. The summed E-state index contributed by atoms with van der Waals surface area (Å²) in [4.78, 5) is 31.9. The summed E-state index contributed by atoms with van der Waals surface area (Å²) in [6.07, 6.45) is 8.20. The lowest BCUT2D eigenvalue weighted by Crippen LogP contribution is -2.39. The van der Waals surface area contributed by atoms with Crippen LogP contribution in [-0.4, -0.2) is 65.0 Å². The highest BCUT2D eigenvalue weighted by Gasteiger charge is 2.25. The van der Waals surface area contributed by atoms with E-state index in [0.29, 0.717) is 42.9 Å². The summed E-state index contributed by atoms with van der Waals surface area (Å²) in [6.45, 7) is 3.68. The number of nitrogens with zero attached hydrogens (tertiary/aromatic N) is 4. The van der Waals surface area contributed by atoms with E-state index in [0.717, 1.165) is 55.4 Å². The predicted octanol–water partition coefficient (Wildman–Crippen LogP) is 3.43. The smallest absolute Gasteiger partial charge is 0.274 e. The molecule has 1 atom stereocenters. The molecule has 1 aromatic carbocycles. The minimum Gasteiger partial charge on any atom is -0.385 e. The Kier molecular flexibility index (Phi) is 9.44. The summed E-state index contributed by atoms with van der Waals surface area (Å²) in [5.74, 6) is 0.0691. The van der Waals surface area contributed by atoms with Gasteiger partial charge < -0.3 is 10.1 Å². The van der Waals surface area contributed by atoms with Gasteiger partial charge in [-0.2, -0.15) is 5.10 Å². The Morgan fingerprint density at radius 2 is 2.03 bits per heavy atom. The lowest BCUT2D eigenvalue weighted by Gasteiger charge is -2.25. The second kappa shape index (κ2) is 12.9. The number of likely N-dealkylation sites (tertiary alicyclic amines) is 1. The van der Waals surface area contributed by atoms with Crippen molar-refractivity contribution in [3.05, 3.63) is 69.4 Å². The molecule has 0 saturated carbocycles. The van der Waals surface area contributed by atoms with Gasteiger partial charge in [-0.25, -0.2) is 4.68 Å². The van der Waals surface area contributed by atoms with Crippen LogP contribution in [0.15, 0.2) is 47.5 Å². The van der Waals surface area contributed by atoms with Crippen LogP contribution in [0.4, 0.5) is 0 Å². The number of pyridine rings is 1. The lowest BCUT2D eigenvalue weighted by molar-refractivity contribution is -0.121. The summed E-state index contributed by atoms with van der Waals surface area (Å²) in [5, 5.41) is 9.92. The molecule has 1 amide bonds. The third-order valence-corrected chi connectivity index (χ3v) is 6.95. The highest BCUT2D eigenvalue weighted by molar-refractivity contribution is 6.30. The minimum absolute atomic E-state index is 0.0691. The second-order valence-corrected chi connectivity index (χ2v) is 9.73. The first-order valence-corrected chi connectivity index (χ1v) is 13.0. The molecule has 0 bridgehead atoms. The number of halogens is 1. The fraction of sp³-hybridized carbons (Fsp3) is 0.481. The van der Waals surface area contributed by atoms with Crippen LogP contribution >= 0.6 is 11.6 Å². The topological polar surface area (TPSA) is 89.3 Å². The molecular formula is C27H34ClN5O3. The van der Waals surface area contributed by atoms with Gasteiger partial charge >= 0.3 is 0 Å². The Morgan fingerprint density at radius 1 is 1.19 bits per heavy atom. The van der Waals surface area contributed by atoms with Gasteiger partial charge in [0.2, 0.25) is 5.91 Å². The van der Waals surface area contributed by atoms with E-state index >= 15 is 0 Å². The maximum Gasteiger partial charge on any atom is 0.274 e. The first-order chi connectivity index (χ1) is 17.5. The van der Waals surface area contributed by atoms with E-state index in [2.05, 4.69) is 15.2 Å². The van der Waals surface area contributed by atoms with E-state index in [4.69, 9.17) is 21.4 Å². The van der Waals surface area contributed by atoms with E-state index < -0.39 is 0 Å². The van der Waals surface area contributed by atoms with Gasteiger partial charge in [0.25, 0.3) is 5.56 Å². The second-order valence-electron chi connectivity index (χ2n) is 9.29. The van der Waals surface area contributed by atoms with Crippen molar-refractivity contribution < 1.29 is 9.53 Å². The molecule has 1 aliphatic heterocycles. The molecule has 192 valence electrons. The molecule has 1 fully saturated rings. The van der Waals surface area contributed by atoms with E-state index in [1.807, 2.05) is 24.3 Å². The van der Waals surface area contributed by atoms with Crippen LogP contribution in [0.25, 0.3) is 10.8 Å². The quantitative estimate of drug-likeness (QED) is 0.375. The maximum atomic E-state index is 13.3. The van der Waals surface area contributed by atoms with Crippen molar-refractivity contribution in [2.45, 2.75) is 51.1 Å². The molecule has 8 nitrogen and oxygen atoms in total. The number of fused-ring (bicyclic) bond motifs is 1. The van der Waals surface area contributed by atoms with Crippen molar-refractivity contribution in [1.29, 1.82) is 0 Å². The summed E-state index contributed by atoms with van der Waals surface area (Å²) in [7, 11) is 1.64. The zero-order valence-electron chi connectivity index (χ0n) is 20.8. The Bertz CT molecular complexity index is 1210. The first kappa shape index (κ1) is 26.3. The zero-order valence-corrected chi connectivity index (χ0v) is 21.5. The van der Waals surface area contributed by atoms with Crippen LogP contribution in [0.1, 0.15) is 43.4 Å². The molecule has 4 rings (SSSR count). The molecule has 1 N–H and O–H groups in total. The standard InChI is InChI=1S/C27H34ClN5O3/c1-36-16-3-6-26(34)30-12-4-15-32-14-2-5-22(32)19-33-27(35)23-11-13-29-18-24(23)25(31-33)17-20-7-9-21(28)10-8-20/h7-11,13,18,22H,2-6,12,14-17,19H2,1H3,(H,30,34)/t22-/m1/s1. The fourth-order valence-corrected chi connectivity index (χ4v) is 4.94. The number of methoxy groups -OCH3 is 1. The average Bonchev–Trinajstić information content (AvgIpc) is 3.33. The monoisotopic (exact) mass is 511 g/mol. The van der Waals surface area contributed by atoms with Crippen LogP contribution in [0.2, 0.25) is 5.02 Å². The lowest BCUT2D eigenvalue weighted by atomic mass is 10.1. The normalized spacial score (nSPS) is 16.0. The third-order valence-electron chi connectivity index (χ3n) is 6.70. The molecule has 1 aliphatic rings. The molecule has 2 aromatic heterocycles. The minimum atomic E-state index is -0.0811. The van der Waals surface area contributed by atoms with Crippen molar-refractivity contribution in [3.8, 4) is 0 Å². The first-order valence-electron chi connectivity index (χ1n) is 12.6. The zero-order chi connectivity index (χ0) is 25.3. The fourth-order valence-electron chi connectivity index (χ4n) is 4.82. The molecular weight excluding hydrogens is 478 g/mol. The number of nitrogens with one attached hydrogen (secondary N) is 1. The van der Waals surface area contributed by atoms with Crippen LogP contribution in [-0.2, 0) is 22.5 Å². The van der Waals surface area contributed by atoms with Crippen LogP contribution in [0.3, 0.4) is 0 Å². The van der Waals surface area contributed by atoms with Crippen molar-refractivity contribution >= 4 is 28.3 Å². The molecule has 1 saturated heterocycles. The molecule has 3 aromatic rings. The molecule has 3 heterocycles. The Balaban J connectivity index is 1.42. The van der Waals surface area contributed by atoms with E-state index in [-0.39, 0.29) is 17.5 Å². The summed E-state index contributed by atoms with van der Waals surface area (Å²) < 4.78 is 6.63. The van der Waals surface area contributed by atoms with Crippen molar-refractivity contribution in [3.63, 3.8) is 0 Å². The van der Waals surface area contributed by atoms with Crippen molar-refractivity contribution in [1.82, 2.24) is 25.0 Å². The third kappa shape index (κ3) is 6.90. The number of aromatic nitrogens is 3. The number of amides is 1. The highest BCUT2D eigenvalue weighted by atomic mass is 35.5. The Hall–Kier alpha value is -2.81. The number of benzene rings is 1. The van der Waals surface area contributed by atoms with E-state index in [1.165, 1.54) is 0 Å². The number of hydrogen-bond acceptors (Lipinski definition) is 6. The number of rotatable bonds is 12. The van der Waals surface area contributed by atoms with E-state index in [9.17, 15) is 9.59 Å². The average molecular weight is 512 g/mol. The van der Waals surface area contributed by atoms with Gasteiger partial charge in [0, 0.05) is 68.5 Å². The summed E-state index contributed by atoms with van der Waals surface area (Å²) in [6, 6.07) is 9.73. The van der Waals surface area contributed by atoms with Gasteiger partial charge in [-0.05, 0) is 56.0 Å². The molecule has 0 aliphatic carbocycles. The number of ether oxygens (including phenoxy) is 1. The van der Waals surface area contributed by atoms with E-state index in [1.54, 1.807) is 30.3 Å². The number of carbonyl (C=O) groups is 1. The SMILES string of the molecule is COCCCC(=O)NCCCN1CCC[C@@H]1Cn1nc(Cc2ccc(Cl)cc2)c2cnccc2c1=O. The largest absolute Gasteiger partial charge is 0.385 e. The van der Waals surface area contributed by atoms with Gasteiger partial charge in [-0.1, -0.05) is 23.7 Å². The maximum absolute atomic E-state index is 13.3. The van der Waals surface area contributed by atoms with Crippen LogP contribution in [0.5, 0.6) is 0 Å². The van der Waals surface area contributed by atoms with Gasteiger partial charge in [-0.15, -0.1) is 0 Å². The molecule has 9 heteroatoms. The van der Waals surface area contributed by atoms with Crippen LogP contribution < -0.4 is 10.9 Å². The highest BCUT2D eigenvalue weighted by Crippen LogP contribution is 2.21. The van der Waals surface area contributed by atoms with Gasteiger partial charge in [0.15, 0.2) is 0 Å². The molecule has 0 spiro atoms. The Morgan fingerprint density at radius 3 is 2.83 bits per heavy atom. The summed E-state index contributed by atoms with van der Waals surface area (Å²) in [5.41, 5.74) is 1.83. The van der Waals surface area contributed by atoms with Crippen molar-refractivity contribution in [2.75, 3.05) is 33.4 Å². The number of carbonyl (C=O) groups excluding carboxylic acids is 1. The molecule has 0 unspecified atom stereocenters. The predicted molar refractivity (Wildman–Crippen MR) is 141 cm³/mol. The van der Waals surface area contributed by atoms with Gasteiger partial charge in [0.1, 0.15) is 0 Å². The van der Waals surface area contributed by atoms with Gasteiger partial charge in [-0.3, -0.25) is 19.5 Å².